The lowest BCUT2D eigenvalue weighted by molar-refractivity contribution is -0.137. The minimum absolute atomic E-state index is 0.210. The molecule has 1 aliphatic heterocycles. The molecule has 35 heavy (non-hydrogen) atoms. The van der Waals surface area contributed by atoms with Crippen LogP contribution in [0.2, 0.25) is 0 Å². The topological polar surface area (TPSA) is 82.9 Å². The number of rotatable bonds is 12. The van der Waals surface area contributed by atoms with Crippen molar-refractivity contribution < 1.29 is 19.7 Å². The predicted octanol–water partition coefficient (Wildman–Crippen LogP) is 5.55. The first kappa shape index (κ1) is 25.6. The van der Waals surface area contributed by atoms with Crippen LogP contribution in [0.4, 0.5) is 0 Å². The van der Waals surface area contributed by atoms with Gasteiger partial charge in [0.25, 0.3) is 0 Å². The van der Waals surface area contributed by atoms with Gasteiger partial charge in [-0.25, -0.2) is 0 Å². The van der Waals surface area contributed by atoms with E-state index in [-0.39, 0.29) is 6.42 Å². The Hall–Kier alpha value is -2.48. The van der Waals surface area contributed by atoms with Crippen molar-refractivity contribution in [3.63, 3.8) is 0 Å². The van der Waals surface area contributed by atoms with Crippen molar-refractivity contribution in [2.75, 3.05) is 26.7 Å². The lowest BCUT2D eigenvalue weighted by Gasteiger charge is -2.39. The Balaban J connectivity index is 1.36. The largest absolute Gasteiger partial charge is 0.497 e. The van der Waals surface area contributed by atoms with Crippen molar-refractivity contribution in [1.82, 2.24) is 9.88 Å². The number of benzene rings is 1. The maximum atomic E-state index is 11.3. The van der Waals surface area contributed by atoms with E-state index in [1.807, 2.05) is 35.6 Å². The molecule has 2 N–H and O–H groups in total. The summed E-state index contributed by atoms with van der Waals surface area (Å²) in [6.45, 7) is 3.06. The monoisotopic (exact) mass is 496 g/mol. The number of pyridine rings is 1. The number of carboxylic acids is 1. The Morgan fingerprint density at radius 1 is 1.26 bits per heavy atom. The number of thiophene rings is 1. The van der Waals surface area contributed by atoms with Crippen molar-refractivity contribution >= 4 is 28.2 Å². The molecule has 0 radical (unpaired) electrons. The van der Waals surface area contributed by atoms with Gasteiger partial charge in [0.2, 0.25) is 0 Å². The normalized spacial score (nSPS) is 19.6. The molecule has 188 valence electrons. The van der Waals surface area contributed by atoms with Gasteiger partial charge in [-0.2, -0.15) is 0 Å². The van der Waals surface area contributed by atoms with E-state index in [0.717, 1.165) is 67.5 Å². The third kappa shape index (κ3) is 7.03. The average molecular weight is 497 g/mol. The number of carbonyl (C=O) groups is 1. The summed E-state index contributed by atoms with van der Waals surface area (Å²) in [5.41, 5.74) is 1.72. The fraction of sp³-hybridized carbons (Fsp3) is 0.500. The number of hydrogen-bond acceptors (Lipinski definition) is 6. The molecule has 1 fully saturated rings. The molecule has 3 atom stereocenters. The maximum Gasteiger partial charge on any atom is 0.303 e. The highest BCUT2D eigenvalue weighted by Crippen LogP contribution is 2.35. The van der Waals surface area contributed by atoms with E-state index < -0.39 is 12.1 Å². The van der Waals surface area contributed by atoms with Gasteiger partial charge in [-0.05, 0) is 105 Å². The van der Waals surface area contributed by atoms with Crippen LogP contribution in [0, 0.1) is 11.8 Å². The number of aryl methyl sites for hydroxylation is 1. The van der Waals surface area contributed by atoms with Crippen molar-refractivity contribution in [1.29, 1.82) is 0 Å². The van der Waals surface area contributed by atoms with Gasteiger partial charge < -0.3 is 19.8 Å². The van der Waals surface area contributed by atoms with E-state index in [1.54, 1.807) is 13.3 Å². The molecule has 0 unspecified atom stereocenters. The molecule has 1 saturated heterocycles. The van der Waals surface area contributed by atoms with Crippen LogP contribution in [0.15, 0.2) is 48.0 Å². The van der Waals surface area contributed by atoms with Gasteiger partial charge in [0.1, 0.15) is 5.75 Å². The molecule has 0 amide bonds. The summed E-state index contributed by atoms with van der Waals surface area (Å²) in [7, 11) is 1.64. The lowest BCUT2D eigenvalue weighted by atomic mass is 9.79. The summed E-state index contributed by atoms with van der Waals surface area (Å²) in [5.74, 6) is 0.804. The summed E-state index contributed by atoms with van der Waals surface area (Å²) in [6.07, 6.45) is 6.91. The van der Waals surface area contributed by atoms with Gasteiger partial charge >= 0.3 is 5.97 Å². The van der Waals surface area contributed by atoms with E-state index in [9.17, 15) is 15.0 Å². The van der Waals surface area contributed by atoms with Gasteiger partial charge in [0.15, 0.2) is 0 Å². The molecule has 7 heteroatoms. The van der Waals surface area contributed by atoms with Crippen molar-refractivity contribution in [3.8, 4) is 5.75 Å². The highest BCUT2D eigenvalue weighted by atomic mass is 32.1. The third-order valence-corrected chi connectivity index (χ3v) is 8.27. The number of aliphatic hydroxyl groups is 1. The Bertz CT molecular complexity index is 1090. The minimum Gasteiger partial charge on any atom is -0.497 e. The standard InChI is InChI=1S/C28H36N2O4S/c1-34-22-8-9-26-25(18-22)24(12-14-29-26)27(31)10-6-20-13-16-30(19-21(20)7-11-28(32)33)15-2-4-23-5-3-17-35-23/h3,5,8-9,12,14,17-18,20-21,27,31H,2,4,6-7,10-11,13,15-16,19H2,1H3,(H,32,33)/t20-,21-,27-/m1/s1. The average Bonchev–Trinajstić information content (AvgIpc) is 3.39. The molecule has 6 nitrogen and oxygen atoms in total. The fourth-order valence-corrected chi connectivity index (χ4v) is 6.15. The number of aliphatic hydroxyl groups excluding tert-OH is 1. The first-order valence-electron chi connectivity index (χ1n) is 12.6. The SMILES string of the molecule is COc1ccc2nccc([C@H](O)CC[C@@H]3CCN(CCCc4cccs4)C[C@H]3CCC(=O)O)c2c1. The van der Waals surface area contributed by atoms with E-state index in [0.29, 0.717) is 24.7 Å². The van der Waals surface area contributed by atoms with Crippen LogP contribution in [-0.4, -0.2) is 52.8 Å². The van der Waals surface area contributed by atoms with Crippen molar-refractivity contribution in [3.05, 3.63) is 58.4 Å². The number of nitrogens with zero attached hydrogens (tertiary/aromatic N) is 2. The number of piperidine rings is 1. The molecular weight excluding hydrogens is 460 g/mol. The number of likely N-dealkylation sites (tertiary alicyclic amines) is 1. The highest BCUT2D eigenvalue weighted by Gasteiger charge is 2.30. The molecule has 3 heterocycles. The van der Waals surface area contributed by atoms with Crippen molar-refractivity contribution in [2.24, 2.45) is 11.8 Å². The second-order valence-corrected chi connectivity index (χ2v) is 10.6. The van der Waals surface area contributed by atoms with Gasteiger partial charge in [-0.3, -0.25) is 9.78 Å². The Morgan fingerprint density at radius 3 is 2.91 bits per heavy atom. The minimum atomic E-state index is -0.726. The first-order valence-corrected chi connectivity index (χ1v) is 13.5. The Kier molecular flexibility index (Phi) is 9.12. The molecular formula is C28H36N2O4S. The molecule has 1 aliphatic rings. The third-order valence-electron chi connectivity index (χ3n) is 7.33. The summed E-state index contributed by atoms with van der Waals surface area (Å²) < 4.78 is 5.37. The maximum absolute atomic E-state index is 11.3. The Morgan fingerprint density at radius 2 is 2.14 bits per heavy atom. The zero-order chi connectivity index (χ0) is 24.6. The van der Waals surface area contributed by atoms with E-state index in [1.165, 1.54) is 4.88 Å². The fourth-order valence-electron chi connectivity index (χ4n) is 5.40. The van der Waals surface area contributed by atoms with Crippen LogP contribution < -0.4 is 4.74 Å². The smallest absolute Gasteiger partial charge is 0.303 e. The number of ether oxygens (including phenoxy) is 1. The highest BCUT2D eigenvalue weighted by molar-refractivity contribution is 7.09. The molecule has 3 aromatic rings. The van der Waals surface area contributed by atoms with E-state index >= 15 is 0 Å². The molecule has 0 saturated carbocycles. The van der Waals surface area contributed by atoms with Gasteiger partial charge in [-0.15, -0.1) is 11.3 Å². The van der Waals surface area contributed by atoms with Gasteiger partial charge in [-0.1, -0.05) is 6.07 Å². The second kappa shape index (κ2) is 12.5. The van der Waals surface area contributed by atoms with Crippen molar-refractivity contribution in [2.45, 2.75) is 51.0 Å². The molecule has 4 rings (SSSR count). The Labute approximate surface area is 211 Å². The summed E-state index contributed by atoms with van der Waals surface area (Å²) in [4.78, 5) is 19.7. The first-order chi connectivity index (χ1) is 17.0. The number of carboxylic acid groups (broad SMARTS) is 1. The number of fused-ring (bicyclic) bond motifs is 1. The van der Waals surface area contributed by atoms with Crippen LogP contribution in [-0.2, 0) is 11.2 Å². The number of aliphatic carboxylic acids is 1. The van der Waals surface area contributed by atoms with E-state index in [2.05, 4.69) is 27.4 Å². The van der Waals surface area contributed by atoms with Crippen LogP contribution in [0.1, 0.15) is 55.1 Å². The zero-order valence-corrected chi connectivity index (χ0v) is 21.3. The second-order valence-electron chi connectivity index (χ2n) is 9.60. The van der Waals surface area contributed by atoms with Crippen LogP contribution in [0.3, 0.4) is 0 Å². The number of methoxy groups -OCH3 is 1. The van der Waals surface area contributed by atoms with Gasteiger partial charge in [0, 0.05) is 29.4 Å². The molecule has 0 aliphatic carbocycles. The molecule has 1 aromatic carbocycles. The summed E-state index contributed by atoms with van der Waals surface area (Å²) >= 11 is 1.81. The summed E-state index contributed by atoms with van der Waals surface area (Å²) in [6, 6.07) is 11.9. The lowest BCUT2D eigenvalue weighted by Crippen LogP contribution is -2.41. The molecule has 0 bridgehead atoms. The summed E-state index contributed by atoms with van der Waals surface area (Å²) in [5, 5.41) is 23.4. The number of hydrogen-bond donors (Lipinski definition) is 2. The van der Waals surface area contributed by atoms with Crippen LogP contribution in [0.25, 0.3) is 10.9 Å². The van der Waals surface area contributed by atoms with Crippen LogP contribution >= 0.6 is 11.3 Å². The van der Waals surface area contributed by atoms with E-state index in [4.69, 9.17) is 4.74 Å². The molecule has 2 aromatic heterocycles. The van der Waals surface area contributed by atoms with Gasteiger partial charge in [0.05, 0.1) is 18.7 Å². The zero-order valence-electron chi connectivity index (χ0n) is 20.4. The van der Waals surface area contributed by atoms with Crippen LogP contribution in [0.5, 0.6) is 5.75 Å². The predicted molar refractivity (Wildman–Crippen MR) is 140 cm³/mol. The molecule has 0 spiro atoms. The quantitative estimate of drug-likeness (QED) is 0.342. The number of aromatic nitrogens is 1.